The summed E-state index contributed by atoms with van der Waals surface area (Å²) in [6, 6.07) is 14.0. The number of carbonyl (C=O) groups excluding carboxylic acids is 1. The Hall–Kier alpha value is -2.97. The Morgan fingerprint density at radius 2 is 1.94 bits per heavy atom. The number of rotatable bonds is 8. The van der Waals surface area contributed by atoms with Gasteiger partial charge < -0.3 is 10.5 Å². The minimum atomic E-state index is -3.28. The van der Waals surface area contributed by atoms with Crippen LogP contribution in [0, 0.1) is 0 Å². The lowest BCUT2D eigenvalue weighted by molar-refractivity contribution is -0.898. The fraction of sp³-hybridized carbons (Fsp3) is 0.190. The molecular formula is C21H19Cl2F2N4O2+. The van der Waals surface area contributed by atoms with E-state index in [4.69, 9.17) is 23.2 Å². The van der Waals surface area contributed by atoms with E-state index in [-0.39, 0.29) is 29.5 Å². The summed E-state index contributed by atoms with van der Waals surface area (Å²) >= 11 is 12.0. The fourth-order valence-electron chi connectivity index (χ4n) is 2.79. The van der Waals surface area contributed by atoms with Gasteiger partial charge in [-0.05, 0) is 40.6 Å². The van der Waals surface area contributed by atoms with Crippen molar-refractivity contribution < 1.29 is 23.5 Å². The van der Waals surface area contributed by atoms with Crippen LogP contribution in [0.15, 0.2) is 60.8 Å². The summed E-state index contributed by atoms with van der Waals surface area (Å²) in [6.07, 6.45) is 1.01. The molecule has 0 atom stereocenters. The number of carbonyl (C=O) groups is 1. The van der Waals surface area contributed by atoms with Crippen LogP contribution < -0.4 is 15.4 Å². The summed E-state index contributed by atoms with van der Waals surface area (Å²) in [5.74, 6) is -3.74. The van der Waals surface area contributed by atoms with Gasteiger partial charge >= 0.3 is 11.7 Å². The smallest absolute Gasteiger partial charge is 0.325 e. The Bertz CT molecular complexity index is 1070. The van der Waals surface area contributed by atoms with Gasteiger partial charge in [0.15, 0.2) is 12.2 Å². The molecule has 31 heavy (non-hydrogen) atoms. The number of alkyl halides is 2. The third-order valence-electron chi connectivity index (χ3n) is 4.38. The predicted molar refractivity (Wildman–Crippen MR) is 112 cm³/mol. The topological polar surface area (TPSA) is 78.1 Å². The molecule has 0 aliphatic carbocycles. The molecule has 0 fully saturated rings. The summed E-state index contributed by atoms with van der Waals surface area (Å²) in [7, 11) is 0. The SMILES string of the molecule is O=C(Cc1c(Cl)ccc(NCC(F)(F)c2ccccn2)[n+]1O)NCc1cccc(Cl)c1. The van der Waals surface area contributed by atoms with Crippen molar-refractivity contribution in [3.8, 4) is 0 Å². The van der Waals surface area contributed by atoms with E-state index in [2.05, 4.69) is 15.6 Å². The third-order valence-corrected chi connectivity index (χ3v) is 4.96. The molecule has 2 heterocycles. The van der Waals surface area contributed by atoms with Gasteiger partial charge in [-0.3, -0.25) is 15.1 Å². The lowest BCUT2D eigenvalue weighted by Gasteiger charge is -2.14. The molecule has 2 aromatic heterocycles. The number of benzene rings is 1. The van der Waals surface area contributed by atoms with E-state index in [1.165, 1.54) is 36.5 Å². The van der Waals surface area contributed by atoms with Crippen LogP contribution in [-0.4, -0.2) is 22.6 Å². The van der Waals surface area contributed by atoms with Crippen LogP contribution in [0.3, 0.4) is 0 Å². The standard InChI is InChI=1S/C21H18Cl2F2N4O2/c22-15-5-3-4-14(10-15)12-27-20(30)11-17-16(23)7-8-19(29(17)31)28-13-21(24,25)18-6-1-2-9-26-18/h1-10,31H,11-13H2,(H,27,30)/p+1. The zero-order valence-corrected chi connectivity index (χ0v) is 17.7. The summed E-state index contributed by atoms with van der Waals surface area (Å²) in [5.41, 5.74) is 0.453. The quantitative estimate of drug-likeness (QED) is 0.345. The maximum absolute atomic E-state index is 14.3. The number of hydrogen-bond donors (Lipinski definition) is 3. The number of halogens is 4. The molecule has 0 bridgehead atoms. The van der Waals surface area contributed by atoms with Crippen molar-refractivity contribution in [2.45, 2.75) is 18.9 Å². The Labute approximate surface area is 187 Å². The average molecular weight is 468 g/mol. The number of pyridine rings is 2. The van der Waals surface area contributed by atoms with E-state index >= 15 is 0 Å². The van der Waals surface area contributed by atoms with Crippen LogP contribution in [0.5, 0.6) is 0 Å². The van der Waals surface area contributed by atoms with Gasteiger partial charge in [0.25, 0.3) is 0 Å². The molecule has 10 heteroatoms. The monoisotopic (exact) mass is 467 g/mol. The van der Waals surface area contributed by atoms with Gasteiger partial charge in [-0.2, -0.15) is 8.78 Å². The summed E-state index contributed by atoms with van der Waals surface area (Å²) in [4.78, 5) is 16.0. The van der Waals surface area contributed by atoms with Gasteiger partial charge in [0.2, 0.25) is 5.91 Å². The molecule has 1 amide bonds. The van der Waals surface area contributed by atoms with Gasteiger partial charge in [-0.15, -0.1) is 0 Å². The largest absolute Gasteiger partial charge is 0.352 e. The lowest BCUT2D eigenvalue weighted by atomic mass is 10.2. The number of nitrogens with one attached hydrogen (secondary N) is 2. The van der Waals surface area contributed by atoms with Crippen LogP contribution in [0.4, 0.5) is 14.6 Å². The van der Waals surface area contributed by atoms with E-state index in [1.807, 2.05) is 0 Å². The Kier molecular flexibility index (Phi) is 7.25. The molecule has 162 valence electrons. The molecular weight excluding hydrogens is 449 g/mol. The zero-order valence-electron chi connectivity index (χ0n) is 16.2. The van der Waals surface area contributed by atoms with Crippen LogP contribution in [0.25, 0.3) is 0 Å². The highest BCUT2D eigenvalue weighted by Gasteiger charge is 2.36. The number of anilines is 1. The molecule has 0 aliphatic rings. The van der Waals surface area contributed by atoms with Crippen LogP contribution >= 0.6 is 23.2 Å². The normalized spacial score (nSPS) is 11.2. The van der Waals surface area contributed by atoms with E-state index in [1.54, 1.807) is 24.3 Å². The first-order valence-corrected chi connectivity index (χ1v) is 9.99. The second-order valence-corrected chi connectivity index (χ2v) is 7.53. The van der Waals surface area contributed by atoms with Crippen molar-refractivity contribution in [2.24, 2.45) is 0 Å². The van der Waals surface area contributed by atoms with Crippen molar-refractivity contribution in [3.05, 3.63) is 87.8 Å². The molecule has 3 N–H and O–H groups in total. The van der Waals surface area contributed by atoms with Crippen molar-refractivity contribution in [1.29, 1.82) is 0 Å². The van der Waals surface area contributed by atoms with Gasteiger partial charge in [0.1, 0.15) is 5.69 Å². The number of aromatic nitrogens is 2. The molecule has 0 radical (unpaired) electrons. The lowest BCUT2D eigenvalue weighted by Crippen LogP contribution is -2.42. The Morgan fingerprint density at radius 3 is 2.65 bits per heavy atom. The molecule has 0 aliphatic heterocycles. The molecule has 3 aromatic rings. The van der Waals surface area contributed by atoms with Crippen molar-refractivity contribution in [2.75, 3.05) is 11.9 Å². The molecule has 0 saturated heterocycles. The van der Waals surface area contributed by atoms with E-state index in [9.17, 15) is 18.8 Å². The van der Waals surface area contributed by atoms with Crippen molar-refractivity contribution in [3.63, 3.8) is 0 Å². The fourth-order valence-corrected chi connectivity index (χ4v) is 3.21. The second-order valence-electron chi connectivity index (χ2n) is 6.68. The zero-order chi connectivity index (χ0) is 22.4. The van der Waals surface area contributed by atoms with Gasteiger partial charge in [0.05, 0.1) is 11.4 Å². The van der Waals surface area contributed by atoms with Gasteiger partial charge in [-0.1, -0.05) is 41.4 Å². The third kappa shape index (κ3) is 6.02. The summed E-state index contributed by atoms with van der Waals surface area (Å²) < 4.78 is 29.3. The van der Waals surface area contributed by atoms with Gasteiger partial charge in [0, 0.05) is 23.8 Å². The highest BCUT2D eigenvalue weighted by atomic mass is 35.5. The average Bonchev–Trinajstić information content (AvgIpc) is 2.75. The highest BCUT2D eigenvalue weighted by Crippen LogP contribution is 2.26. The highest BCUT2D eigenvalue weighted by molar-refractivity contribution is 6.31. The number of nitrogens with zero attached hydrogens (tertiary/aromatic N) is 2. The molecule has 3 rings (SSSR count). The summed E-state index contributed by atoms with van der Waals surface area (Å²) in [6.45, 7) is -0.580. The van der Waals surface area contributed by atoms with Crippen molar-refractivity contribution >= 4 is 34.9 Å². The Morgan fingerprint density at radius 1 is 1.13 bits per heavy atom. The number of amides is 1. The van der Waals surface area contributed by atoms with E-state index < -0.39 is 24.1 Å². The number of hydrogen-bond acceptors (Lipinski definition) is 4. The molecule has 0 saturated carbocycles. The maximum Gasteiger partial charge on any atom is 0.325 e. The minimum absolute atomic E-state index is 0.0438. The van der Waals surface area contributed by atoms with Crippen LogP contribution in [0.2, 0.25) is 10.0 Å². The predicted octanol–water partition coefficient (Wildman–Crippen LogP) is 3.98. The van der Waals surface area contributed by atoms with Gasteiger partial charge in [-0.25, -0.2) is 0 Å². The van der Waals surface area contributed by atoms with E-state index in [0.29, 0.717) is 9.75 Å². The minimum Gasteiger partial charge on any atom is -0.352 e. The van der Waals surface area contributed by atoms with E-state index in [0.717, 1.165) is 5.56 Å². The maximum atomic E-state index is 14.3. The molecule has 6 nitrogen and oxygen atoms in total. The second kappa shape index (κ2) is 9.89. The first-order chi connectivity index (χ1) is 14.8. The first kappa shape index (κ1) is 22.7. The summed E-state index contributed by atoms with van der Waals surface area (Å²) in [5, 5.41) is 16.2. The first-order valence-electron chi connectivity index (χ1n) is 9.23. The molecule has 1 aromatic carbocycles. The Balaban J connectivity index is 1.66. The van der Waals surface area contributed by atoms with Crippen LogP contribution in [-0.2, 0) is 23.7 Å². The molecule has 0 spiro atoms. The van der Waals surface area contributed by atoms with Crippen molar-refractivity contribution in [1.82, 2.24) is 10.3 Å². The van der Waals surface area contributed by atoms with Crippen LogP contribution in [0.1, 0.15) is 17.0 Å². The molecule has 0 unspecified atom stereocenters.